The highest BCUT2D eigenvalue weighted by molar-refractivity contribution is 5.34. The minimum atomic E-state index is -4.36. The second-order valence-corrected chi connectivity index (χ2v) is 6.62. The molecule has 1 heterocycles. The van der Waals surface area contributed by atoms with Gasteiger partial charge in [0.05, 0.1) is 11.3 Å². The van der Waals surface area contributed by atoms with Crippen molar-refractivity contribution in [2.75, 3.05) is 0 Å². The Morgan fingerprint density at radius 1 is 0.889 bits per heavy atom. The van der Waals surface area contributed by atoms with Crippen LogP contribution in [0.5, 0.6) is 0 Å². The molecular formula is C14H20F3N. The van der Waals surface area contributed by atoms with Crippen LogP contribution in [0.25, 0.3) is 0 Å². The van der Waals surface area contributed by atoms with Crippen LogP contribution in [0.4, 0.5) is 13.2 Å². The number of aromatic nitrogens is 1. The molecule has 0 fully saturated rings. The molecule has 0 atom stereocenters. The van der Waals surface area contributed by atoms with Crippen molar-refractivity contribution < 1.29 is 13.2 Å². The lowest BCUT2D eigenvalue weighted by Gasteiger charge is -2.26. The van der Waals surface area contributed by atoms with E-state index in [0.29, 0.717) is 5.56 Å². The summed E-state index contributed by atoms with van der Waals surface area (Å²) in [4.78, 5) is 4.06. The van der Waals surface area contributed by atoms with Gasteiger partial charge >= 0.3 is 6.18 Å². The molecule has 4 heteroatoms. The monoisotopic (exact) mass is 259 g/mol. The van der Waals surface area contributed by atoms with Gasteiger partial charge in [0, 0.05) is 11.6 Å². The molecule has 102 valence electrons. The molecule has 1 nitrogen and oxygen atoms in total. The fraction of sp³-hybridized carbons (Fsp3) is 0.643. The summed E-state index contributed by atoms with van der Waals surface area (Å²) in [7, 11) is 0. The Morgan fingerprint density at radius 2 is 1.39 bits per heavy atom. The fourth-order valence-electron chi connectivity index (χ4n) is 1.69. The second-order valence-electron chi connectivity index (χ2n) is 6.62. The number of hydrogen-bond acceptors (Lipinski definition) is 1. The molecule has 1 aromatic rings. The minimum absolute atomic E-state index is 0.100. The van der Waals surface area contributed by atoms with Crippen LogP contribution in [-0.4, -0.2) is 4.98 Å². The van der Waals surface area contributed by atoms with Crippen LogP contribution in [0.15, 0.2) is 12.3 Å². The van der Waals surface area contributed by atoms with Gasteiger partial charge in [0.25, 0.3) is 0 Å². The van der Waals surface area contributed by atoms with Crippen LogP contribution in [0.3, 0.4) is 0 Å². The Morgan fingerprint density at radius 3 is 1.72 bits per heavy atom. The summed E-state index contributed by atoms with van der Waals surface area (Å²) in [5.41, 5.74) is -0.890. The van der Waals surface area contributed by atoms with Gasteiger partial charge in [-0.25, -0.2) is 0 Å². The van der Waals surface area contributed by atoms with Gasteiger partial charge in [0.1, 0.15) is 0 Å². The summed E-state index contributed by atoms with van der Waals surface area (Å²) in [6.45, 7) is 10.8. The van der Waals surface area contributed by atoms with Gasteiger partial charge in [-0.15, -0.1) is 0 Å². The Bertz CT molecular complexity index is 434. The lowest BCUT2D eigenvalue weighted by Crippen LogP contribution is -2.23. The molecule has 0 N–H and O–H groups in total. The predicted molar refractivity (Wildman–Crippen MR) is 66.6 cm³/mol. The SMILES string of the molecule is CC(C)(C)c1cnc(C(C)(C)C)c(C(F)(F)F)c1. The van der Waals surface area contributed by atoms with Crippen molar-refractivity contribution in [2.45, 2.75) is 58.5 Å². The molecule has 0 aliphatic rings. The molecule has 0 bridgehead atoms. The van der Waals surface area contributed by atoms with Crippen LogP contribution in [0, 0.1) is 0 Å². The average molecular weight is 259 g/mol. The molecule has 0 unspecified atom stereocenters. The van der Waals surface area contributed by atoms with E-state index < -0.39 is 17.2 Å². The van der Waals surface area contributed by atoms with E-state index in [2.05, 4.69) is 4.98 Å². The maximum absolute atomic E-state index is 13.1. The molecule has 0 amide bonds. The van der Waals surface area contributed by atoms with Crippen LogP contribution in [-0.2, 0) is 17.0 Å². The van der Waals surface area contributed by atoms with E-state index in [1.54, 1.807) is 27.0 Å². The third kappa shape index (κ3) is 3.24. The van der Waals surface area contributed by atoms with E-state index in [1.165, 1.54) is 6.07 Å². The Balaban J connectivity index is 3.50. The Hall–Kier alpha value is -1.06. The van der Waals surface area contributed by atoms with Crippen molar-refractivity contribution in [1.29, 1.82) is 0 Å². The highest BCUT2D eigenvalue weighted by Crippen LogP contribution is 2.38. The lowest BCUT2D eigenvalue weighted by molar-refractivity contribution is -0.139. The van der Waals surface area contributed by atoms with Crippen LogP contribution in [0.1, 0.15) is 58.4 Å². The maximum atomic E-state index is 13.1. The minimum Gasteiger partial charge on any atom is -0.260 e. The van der Waals surface area contributed by atoms with Gasteiger partial charge in [0.2, 0.25) is 0 Å². The normalized spacial score (nSPS) is 13.8. The van der Waals surface area contributed by atoms with Gasteiger partial charge in [-0.3, -0.25) is 4.98 Å². The van der Waals surface area contributed by atoms with Crippen LogP contribution < -0.4 is 0 Å². The topological polar surface area (TPSA) is 12.9 Å². The van der Waals surface area contributed by atoms with Crippen LogP contribution in [0.2, 0.25) is 0 Å². The standard InChI is InChI=1S/C14H20F3N/c1-12(2,3)9-7-10(14(15,16)17)11(18-8-9)13(4,5)6/h7-8H,1-6H3. The van der Waals surface area contributed by atoms with Crippen molar-refractivity contribution in [3.8, 4) is 0 Å². The highest BCUT2D eigenvalue weighted by Gasteiger charge is 2.38. The molecule has 1 aromatic heterocycles. The van der Waals surface area contributed by atoms with Crippen molar-refractivity contribution >= 4 is 0 Å². The molecule has 1 rings (SSSR count). The highest BCUT2D eigenvalue weighted by atomic mass is 19.4. The largest absolute Gasteiger partial charge is 0.418 e. The average Bonchev–Trinajstić information content (AvgIpc) is 2.12. The first-order valence-electron chi connectivity index (χ1n) is 5.91. The molecule has 0 aromatic carbocycles. The van der Waals surface area contributed by atoms with Gasteiger partial charge < -0.3 is 0 Å². The van der Waals surface area contributed by atoms with Crippen LogP contribution >= 0.6 is 0 Å². The first kappa shape index (κ1) is 15.0. The van der Waals surface area contributed by atoms with Gasteiger partial charge in [-0.2, -0.15) is 13.2 Å². The number of halogens is 3. The molecule has 0 saturated heterocycles. The third-order valence-electron chi connectivity index (χ3n) is 2.77. The van der Waals surface area contributed by atoms with Crippen molar-refractivity contribution in [3.63, 3.8) is 0 Å². The van der Waals surface area contributed by atoms with E-state index in [9.17, 15) is 13.2 Å². The zero-order chi connectivity index (χ0) is 14.4. The molecule has 0 aliphatic heterocycles. The number of pyridine rings is 1. The van der Waals surface area contributed by atoms with E-state index in [1.807, 2.05) is 20.8 Å². The number of nitrogens with zero attached hydrogens (tertiary/aromatic N) is 1. The molecular weight excluding hydrogens is 239 g/mol. The van der Waals surface area contributed by atoms with Crippen molar-refractivity contribution in [2.24, 2.45) is 0 Å². The zero-order valence-electron chi connectivity index (χ0n) is 11.7. The first-order valence-corrected chi connectivity index (χ1v) is 5.91. The van der Waals surface area contributed by atoms with E-state index >= 15 is 0 Å². The summed E-state index contributed by atoms with van der Waals surface area (Å²) in [6.07, 6.45) is -2.81. The van der Waals surface area contributed by atoms with E-state index in [4.69, 9.17) is 0 Å². The maximum Gasteiger partial charge on any atom is 0.418 e. The lowest BCUT2D eigenvalue weighted by atomic mass is 9.83. The molecule has 0 aliphatic carbocycles. The number of hydrogen-bond donors (Lipinski definition) is 0. The fourth-order valence-corrected chi connectivity index (χ4v) is 1.69. The van der Waals surface area contributed by atoms with E-state index in [-0.39, 0.29) is 11.1 Å². The summed E-state index contributed by atoms with van der Waals surface area (Å²) in [5, 5.41) is 0. The third-order valence-corrected chi connectivity index (χ3v) is 2.77. The molecule has 0 radical (unpaired) electrons. The van der Waals surface area contributed by atoms with E-state index in [0.717, 1.165) is 0 Å². The summed E-state index contributed by atoms with van der Waals surface area (Å²) in [5.74, 6) is 0. The quantitative estimate of drug-likeness (QED) is 0.658. The summed E-state index contributed by atoms with van der Waals surface area (Å²) in [6, 6.07) is 1.23. The van der Waals surface area contributed by atoms with Crippen molar-refractivity contribution in [1.82, 2.24) is 4.98 Å². The van der Waals surface area contributed by atoms with Gasteiger partial charge in [0.15, 0.2) is 0 Å². The van der Waals surface area contributed by atoms with Gasteiger partial charge in [-0.1, -0.05) is 41.5 Å². The zero-order valence-corrected chi connectivity index (χ0v) is 11.7. The second kappa shape index (κ2) is 4.25. The molecule has 0 saturated carbocycles. The smallest absolute Gasteiger partial charge is 0.260 e. The number of alkyl halides is 3. The number of rotatable bonds is 0. The van der Waals surface area contributed by atoms with Crippen molar-refractivity contribution in [3.05, 3.63) is 29.1 Å². The summed E-state index contributed by atoms with van der Waals surface area (Å²) < 4.78 is 39.3. The molecule has 0 spiro atoms. The molecule has 18 heavy (non-hydrogen) atoms. The predicted octanol–water partition coefficient (Wildman–Crippen LogP) is 4.70. The first-order chi connectivity index (χ1) is 7.83. The summed E-state index contributed by atoms with van der Waals surface area (Å²) >= 11 is 0. The Labute approximate surface area is 106 Å². The van der Waals surface area contributed by atoms with Gasteiger partial charge in [-0.05, 0) is 17.0 Å². The Kier molecular flexibility index (Phi) is 3.54.